The fraction of sp³-hybridized carbons (Fsp3) is 0.368. The monoisotopic (exact) mass is 296 g/mol. The van der Waals surface area contributed by atoms with Crippen LogP contribution in [0.15, 0.2) is 54.6 Å². The molecule has 0 radical (unpaired) electrons. The summed E-state index contributed by atoms with van der Waals surface area (Å²) in [6, 6.07) is 19.1. The van der Waals surface area contributed by atoms with Crippen molar-refractivity contribution in [2.45, 2.75) is 31.8 Å². The largest absolute Gasteiger partial charge is 0.508 e. The molecule has 3 rings (SSSR count). The smallest absolute Gasteiger partial charge is 0.115 e. The van der Waals surface area contributed by atoms with E-state index < -0.39 is 0 Å². The Bertz CT molecular complexity index is 576. The summed E-state index contributed by atoms with van der Waals surface area (Å²) >= 11 is 0. The van der Waals surface area contributed by atoms with Gasteiger partial charge in [-0.15, -0.1) is 0 Å². The van der Waals surface area contributed by atoms with Gasteiger partial charge < -0.3 is 15.3 Å². The van der Waals surface area contributed by atoms with E-state index in [0.29, 0.717) is 17.8 Å². The number of benzene rings is 2. The summed E-state index contributed by atoms with van der Waals surface area (Å²) in [7, 11) is 0. The van der Waals surface area contributed by atoms with Gasteiger partial charge in [-0.2, -0.15) is 0 Å². The fourth-order valence-corrected chi connectivity index (χ4v) is 3.35. The van der Waals surface area contributed by atoms with E-state index in [1.54, 1.807) is 12.1 Å². The van der Waals surface area contributed by atoms with Crippen molar-refractivity contribution in [2.75, 3.05) is 18.0 Å². The first-order chi connectivity index (χ1) is 10.8. The second-order valence-electron chi connectivity index (χ2n) is 5.99. The summed E-state index contributed by atoms with van der Waals surface area (Å²) in [5.74, 6) is 0.321. The molecule has 116 valence electrons. The van der Waals surface area contributed by atoms with Crippen LogP contribution in [0.4, 0.5) is 5.69 Å². The lowest BCUT2D eigenvalue weighted by molar-refractivity contribution is 0.408. The number of nitrogens with one attached hydrogen (secondary N) is 1. The molecule has 2 N–H and O–H groups in total. The Morgan fingerprint density at radius 1 is 1.00 bits per heavy atom. The van der Waals surface area contributed by atoms with E-state index in [1.165, 1.54) is 11.3 Å². The van der Waals surface area contributed by atoms with Gasteiger partial charge in [-0.3, -0.25) is 0 Å². The van der Waals surface area contributed by atoms with Crippen LogP contribution >= 0.6 is 0 Å². The molecule has 1 aliphatic rings. The average molecular weight is 296 g/mol. The first-order valence-electron chi connectivity index (χ1n) is 8.09. The van der Waals surface area contributed by atoms with E-state index in [1.807, 2.05) is 12.1 Å². The van der Waals surface area contributed by atoms with Crippen molar-refractivity contribution in [2.24, 2.45) is 0 Å². The molecule has 2 aromatic rings. The molecule has 2 aromatic carbocycles. The highest BCUT2D eigenvalue weighted by molar-refractivity contribution is 5.52. The molecule has 0 aliphatic carbocycles. The fourth-order valence-electron chi connectivity index (χ4n) is 3.35. The van der Waals surface area contributed by atoms with Gasteiger partial charge in [-0.1, -0.05) is 30.3 Å². The maximum absolute atomic E-state index is 9.58. The number of anilines is 1. The number of hydrogen-bond acceptors (Lipinski definition) is 3. The standard InChI is InChI=1S/C19H24N2O/c1-15(16-5-3-2-4-6-16)21(18-11-13-20-14-12-18)17-7-9-19(22)10-8-17/h2-10,15,18,20,22H,11-14H2,1H3. The zero-order valence-electron chi connectivity index (χ0n) is 13.1. The molecule has 0 spiro atoms. The number of nitrogens with zero attached hydrogens (tertiary/aromatic N) is 1. The van der Waals surface area contributed by atoms with Crippen LogP contribution in [-0.2, 0) is 0 Å². The predicted molar refractivity (Wildman–Crippen MR) is 91.3 cm³/mol. The van der Waals surface area contributed by atoms with Crippen molar-refractivity contribution >= 4 is 5.69 Å². The van der Waals surface area contributed by atoms with Gasteiger partial charge in [-0.05, 0) is 62.7 Å². The molecule has 0 bridgehead atoms. The highest BCUT2D eigenvalue weighted by Gasteiger charge is 2.26. The molecule has 0 aromatic heterocycles. The van der Waals surface area contributed by atoms with Crippen molar-refractivity contribution in [1.82, 2.24) is 5.32 Å². The van der Waals surface area contributed by atoms with Gasteiger partial charge in [0.25, 0.3) is 0 Å². The molecule has 0 amide bonds. The van der Waals surface area contributed by atoms with E-state index in [0.717, 1.165) is 25.9 Å². The lowest BCUT2D eigenvalue weighted by Gasteiger charge is -2.41. The first kappa shape index (κ1) is 14.9. The third kappa shape index (κ3) is 3.25. The molecule has 1 unspecified atom stereocenters. The molecule has 3 heteroatoms. The maximum Gasteiger partial charge on any atom is 0.115 e. The molecule has 1 fully saturated rings. The van der Waals surface area contributed by atoms with Crippen LogP contribution in [-0.4, -0.2) is 24.2 Å². The van der Waals surface area contributed by atoms with Gasteiger partial charge in [0, 0.05) is 11.7 Å². The van der Waals surface area contributed by atoms with Gasteiger partial charge in [0.15, 0.2) is 0 Å². The number of piperidine rings is 1. The Morgan fingerprint density at radius 3 is 2.27 bits per heavy atom. The lowest BCUT2D eigenvalue weighted by Crippen LogP contribution is -2.44. The molecule has 1 saturated heterocycles. The van der Waals surface area contributed by atoms with Crippen LogP contribution in [0.1, 0.15) is 31.4 Å². The van der Waals surface area contributed by atoms with Gasteiger partial charge in [0.1, 0.15) is 5.75 Å². The lowest BCUT2D eigenvalue weighted by atomic mass is 9.98. The van der Waals surface area contributed by atoms with Crippen LogP contribution in [0, 0.1) is 0 Å². The third-order valence-corrected chi connectivity index (χ3v) is 4.55. The summed E-state index contributed by atoms with van der Waals surface area (Å²) in [6.45, 7) is 4.41. The van der Waals surface area contributed by atoms with Crippen molar-refractivity contribution in [3.63, 3.8) is 0 Å². The molecule has 1 aliphatic heterocycles. The molecular weight excluding hydrogens is 272 g/mol. The summed E-state index contributed by atoms with van der Waals surface area (Å²) in [6.07, 6.45) is 2.30. The van der Waals surface area contributed by atoms with Crippen molar-refractivity contribution in [3.8, 4) is 5.75 Å². The zero-order valence-corrected chi connectivity index (χ0v) is 13.1. The number of rotatable bonds is 4. The minimum Gasteiger partial charge on any atom is -0.508 e. The Hall–Kier alpha value is -2.00. The highest BCUT2D eigenvalue weighted by Crippen LogP contribution is 2.32. The van der Waals surface area contributed by atoms with Crippen LogP contribution < -0.4 is 10.2 Å². The molecule has 22 heavy (non-hydrogen) atoms. The molecule has 0 saturated carbocycles. The predicted octanol–water partition coefficient (Wildman–Crippen LogP) is 3.71. The van der Waals surface area contributed by atoms with E-state index in [2.05, 4.69) is 47.5 Å². The Balaban J connectivity index is 1.93. The Morgan fingerprint density at radius 2 is 1.64 bits per heavy atom. The summed E-state index contributed by atoms with van der Waals surface area (Å²) < 4.78 is 0. The minimum atomic E-state index is 0.314. The molecule has 1 atom stereocenters. The minimum absolute atomic E-state index is 0.314. The van der Waals surface area contributed by atoms with Crippen LogP contribution in [0.5, 0.6) is 5.75 Å². The number of phenols is 1. The van der Waals surface area contributed by atoms with Gasteiger partial charge in [0.05, 0.1) is 6.04 Å². The second kappa shape index (κ2) is 6.84. The van der Waals surface area contributed by atoms with Gasteiger partial charge in [-0.25, -0.2) is 0 Å². The quantitative estimate of drug-likeness (QED) is 0.903. The number of hydrogen-bond donors (Lipinski definition) is 2. The summed E-state index contributed by atoms with van der Waals surface area (Å²) in [5.41, 5.74) is 2.51. The van der Waals surface area contributed by atoms with E-state index >= 15 is 0 Å². The second-order valence-corrected chi connectivity index (χ2v) is 5.99. The molecular formula is C19H24N2O. The third-order valence-electron chi connectivity index (χ3n) is 4.55. The zero-order chi connectivity index (χ0) is 15.4. The number of aromatic hydroxyl groups is 1. The van der Waals surface area contributed by atoms with Crippen molar-refractivity contribution < 1.29 is 5.11 Å². The van der Waals surface area contributed by atoms with Crippen LogP contribution in [0.2, 0.25) is 0 Å². The van der Waals surface area contributed by atoms with Gasteiger partial charge >= 0.3 is 0 Å². The Kier molecular flexibility index (Phi) is 4.64. The molecule has 3 nitrogen and oxygen atoms in total. The normalized spacial score (nSPS) is 17.1. The van der Waals surface area contributed by atoms with E-state index in [4.69, 9.17) is 0 Å². The molecule has 1 heterocycles. The first-order valence-corrected chi connectivity index (χ1v) is 8.09. The van der Waals surface area contributed by atoms with Crippen LogP contribution in [0.3, 0.4) is 0 Å². The topological polar surface area (TPSA) is 35.5 Å². The highest BCUT2D eigenvalue weighted by atomic mass is 16.3. The average Bonchev–Trinajstić information content (AvgIpc) is 2.58. The Labute approximate surface area is 132 Å². The van der Waals surface area contributed by atoms with E-state index in [-0.39, 0.29) is 0 Å². The summed E-state index contributed by atoms with van der Waals surface area (Å²) in [4.78, 5) is 2.51. The van der Waals surface area contributed by atoms with Crippen molar-refractivity contribution in [3.05, 3.63) is 60.2 Å². The van der Waals surface area contributed by atoms with Crippen molar-refractivity contribution in [1.29, 1.82) is 0 Å². The maximum atomic E-state index is 9.58. The summed E-state index contributed by atoms with van der Waals surface area (Å²) in [5, 5.41) is 13.0. The van der Waals surface area contributed by atoms with E-state index in [9.17, 15) is 5.11 Å². The van der Waals surface area contributed by atoms with Crippen LogP contribution in [0.25, 0.3) is 0 Å². The number of phenolic OH excluding ortho intramolecular Hbond substituents is 1. The van der Waals surface area contributed by atoms with Gasteiger partial charge in [0.2, 0.25) is 0 Å². The SMILES string of the molecule is CC(c1ccccc1)N(c1ccc(O)cc1)C1CCNCC1.